The quantitative estimate of drug-likeness (QED) is 0.915. The Morgan fingerprint density at radius 3 is 2.29 bits per heavy atom. The lowest BCUT2D eigenvalue weighted by Crippen LogP contribution is -2.27. The van der Waals surface area contributed by atoms with Crippen LogP contribution in [0.2, 0.25) is 0 Å². The van der Waals surface area contributed by atoms with Gasteiger partial charge in [0.2, 0.25) is 0 Å². The lowest BCUT2D eigenvalue weighted by atomic mass is 10.2. The van der Waals surface area contributed by atoms with Gasteiger partial charge in [-0.05, 0) is 42.5 Å². The summed E-state index contributed by atoms with van der Waals surface area (Å²) < 4.78 is 31.3. The maximum Gasteiger partial charge on any atom is 0.259 e. The Morgan fingerprint density at radius 2 is 1.71 bits per heavy atom. The first-order chi connectivity index (χ1) is 11.4. The molecule has 126 valence electrons. The van der Waals surface area contributed by atoms with E-state index in [0.717, 1.165) is 12.1 Å². The van der Waals surface area contributed by atoms with E-state index in [4.69, 9.17) is 4.74 Å². The molecule has 0 aliphatic heterocycles. The summed E-state index contributed by atoms with van der Waals surface area (Å²) in [6, 6.07) is 9.24. The summed E-state index contributed by atoms with van der Waals surface area (Å²) in [6.07, 6.45) is 0. The molecule has 2 rings (SSSR count). The Labute approximate surface area is 137 Å². The lowest BCUT2D eigenvalue weighted by molar-refractivity contribution is -0.130. The molecule has 2 amide bonds. The fourth-order valence-corrected chi connectivity index (χ4v) is 1.75. The minimum atomic E-state index is -1.09. The fraction of sp³-hybridized carbons (Fsp3) is 0.176. The van der Waals surface area contributed by atoms with E-state index in [9.17, 15) is 18.4 Å². The van der Waals surface area contributed by atoms with Crippen molar-refractivity contribution in [2.24, 2.45) is 0 Å². The Balaban J connectivity index is 1.97. The van der Waals surface area contributed by atoms with Crippen molar-refractivity contribution in [3.63, 3.8) is 0 Å². The third-order valence-corrected chi connectivity index (χ3v) is 3.16. The number of amides is 2. The first-order valence-electron chi connectivity index (χ1n) is 7.06. The van der Waals surface area contributed by atoms with E-state index in [2.05, 4.69) is 5.32 Å². The van der Waals surface area contributed by atoms with Gasteiger partial charge in [0.05, 0.1) is 0 Å². The summed E-state index contributed by atoms with van der Waals surface area (Å²) in [5, 5.41) is 2.56. The second-order valence-electron chi connectivity index (χ2n) is 5.18. The topological polar surface area (TPSA) is 58.6 Å². The molecule has 7 heteroatoms. The molecule has 0 saturated heterocycles. The maximum absolute atomic E-state index is 13.1. The molecule has 0 saturated carbocycles. The zero-order valence-electron chi connectivity index (χ0n) is 13.2. The highest BCUT2D eigenvalue weighted by molar-refractivity contribution is 6.04. The van der Waals surface area contributed by atoms with Crippen LogP contribution in [0.1, 0.15) is 10.4 Å². The van der Waals surface area contributed by atoms with Gasteiger partial charge in [-0.3, -0.25) is 9.59 Å². The Bertz CT molecular complexity index is 746. The largest absolute Gasteiger partial charge is 0.484 e. The number of nitrogens with zero attached hydrogens (tertiary/aromatic N) is 1. The SMILES string of the molecule is CN(C)C(=O)COc1ccc(NC(=O)c2ccc(F)c(F)c2)cc1. The molecule has 0 heterocycles. The first kappa shape index (κ1) is 17.4. The molecule has 0 aromatic heterocycles. The van der Waals surface area contributed by atoms with Crippen LogP contribution in [0.5, 0.6) is 5.75 Å². The van der Waals surface area contributed by atoms with Crippen molar-refractivity contribution in [2.75, 3.05) is 26.0 Å². The highest BCUT2D eigenvalue weighted by Gasteiger charge is 2.10. The molecule has 1 N–H and O–H groups in total. The van der Waals surface area contributed by atoms with E-state index in [1.165, 1.54) is 11.0 Å². The molecule has 0 fully saturated rings. The third-order valence-electron chi connectivity index (χ3n) is 3.16. The van der Waals surface area contributed by atoms with Crippen LogP contribution in [0.25, 0.3) is 0 Å². The molecule has 0 aliphatic carbocycles. The normalized spacial score (nSPS) is 10.2. The number of halogens is 2. The zero-order valence-corrected chi connectivity index (χ0v) is 13.2. The average Bonchev–Trinajstić information content (AvgIpc) is 2.56. The van der Waals surface area contributed by atoms with Crippen molar-refractivity contribution in [2.45, 2.75) is 0 Å². The summed E-state index contributed by atoms with van der Waals surface area (Å²) in [4.78, 5) is 24.8. The number of likely N-dealkylation sites (N-methyl/N-ethyl adjacent to an activating group) is 1. The van der Waals surface area contributed by atoms with Gasteiger partial charge in [-0.15, -0.1) is 0 Å². The van der Waals surface area contributed by atoms with Crippen LogP contribution in [-0.2, 0) is 4.79 Å². The molecule has 0 spiro atoms. The van der Waals surface area contributed by atoms with Crippen molar-refractivity contribution >= 4 is 17.5 Å². The summed E-state index contributed by atoms with van der Waals surface area (Å²) in [7, 11) is 3.26. The number of nitrogens with one attached hydrogen (secondary N) is 1. The summed E-state index contributed by atoms with van der Waals surface area (Å²) >= 11 is 0. The second kappa shape index (κ2) is 7.54. The van der Waals surface area contributed by atoms with E-state index < -0.39 is 17.5 Å². The van der Waals surface area contributed by atoms with E-state index in [-0.39, 0.29) is 18.1 Å². The molecule has 24 heavy (non-hydrogen) atoms. The Hall–Kier alpha value is -2.96. The van der Waals surface area contributed by atoms with Crippen LogP contribution in [-0.4, -0.2) is 37.4 Å². The molecule has 0 aliphatic rings. The minimum Gasteiger partial charge on any atom is -0.484 e. The molecular formula is C17H16F2N2O3. The van der Waals surface area contributed by atoms with Crippen LogP contribution in [0.15, 0.2) is 42.5 Å². The first-order valence-corrected chi connectivity index (χ1v) is 7.06. The standard InChI is InChI=1S/C17H16F2N2O3/c1-21(2)16(22)10-24-13-6-4-12(5-7-13)20-17(23)11-3-8-14(18)15(19)9-11/h3-9H,10H2,1-2H3,(H,20,23). The van der Waals surface area contributed by atoms with Crippen LogP contribution in [0.3, 0.4) is 0 Å². The number of carbonyl (C=O) groups excluding carboxylic acids is 2. The summed E-state index contributed by atoms with van der Waals surface area (Å²) in [5.41, 5.74) is 0.460. The van der Waals surface area contributed by atoms with Gasteiger partial charge < -0.3 is 15.0 Å². The third kappa shape index (κ3) is 4.52. The van der Waals surface area contributed by atoms with Crippen LogP contribution in [0.4, 0.5) is 14.5 Å². The second-order valence-corrected chi connectivity index (χ2v) is 5.18. The molecule has 5 nitrogen and oxygen atoms in total. The molecular weight excluding hydrogens is 318 g/mol. The van der Waals surface area contributed by atoms with Gasteiger partial charge in [0.25, 0.3) is 11.8 Å². The summed E-state index contributed by atoms with van der Waals surface area (Å²) in [5.74, 6) is -2.37. The molecule has 0 unspecified atom stereocenters. The fourth-order valence-electron chi connectivity index (χ4n) is 1.75. The van der Waals surface area contributed by atoms with Gasteiger partial charge in [0, 0.05) is 25.3 Å². The van der Waals surface area contributed by atoms with Crippen molar-refractivity contribution in [1.82, 2.24) is 4.90 Å². The number of ether oxygens (including phenoxy) is 1. The van der Waals surface area contributed by atoms with Gasteiger partial charge in [-0.2, -0.15) is 0 Å². The van der Waals surface area contributed by atoms with E-state index in [1.54, 1.807) is 38.4 Å². The lowest BCUT2D eigenvalue weighted by Gasteiger charge is -2.11. The number of anilines is 1. The predicted octanol–water partition coefficient (Wildman–Crippen LogP) is 2.68. The smallest absolute Gasteiger partial charge is 0.259 e. The highest BCUT2D eigenvalue weighted by Crippen LogP contribution is 2.17. The van der Waals surface area contributed by atoms with E-state index in [1.807, 2.05) is 0 Å². The Kier molecular flexibility index (Phi) is 5.47. The molecule has 0 bridgehead atoms. The summed E-state index contributed by atoms with van der Waals surface area (Å²) in [6.45, 7) is -0.0897. The predicted molar refractivity (Wildman–Crippen MR) is 84.9 cm³/mol. The number of hydrogen-bond donors (Lipinski definition) is 1. The number of rotatable bonds is 5. The van der Waals surface area contributed by atoms with Crippen LogP contribution >= 0.6 is 0 Å². The average molecular weight is 334 g/mol. The van der Waals surface area contributed by atoms with Crippen molar-refractivity contribution in [1.29, 1.82) is 0 Å². The molecule has 0 atom stereocenters. The van der Waals surface area contributed by atoms with Gasteiger partial charge in [0.1, 0.15) is 5.75 Å². The van der Waals surface area contributed by atoms with Crippen molar-refractivity contribution in [3.8, 4) is 5.75 Å². The Morgan fingerprint density at radius 1 is 1.04 bits per heavy atom. The van der Waals surface area contributed by atoms with Gasteiger partial charge in [-0.25, -0.2) is 8.78 Å². The van der Waals surface area contributed by atoms with Gasteiger partial charge in [0.15, 0.2) is 18.2 Å². The van der Waals surface area contributed by atoms with Crippen molar-refractivity contribution in [3.05, 3.63) is 59.7 Å². The van der Waals surface area contributed by atoms with E-state index in [0.29, 0.717) is 11.4 Å². The van der Waals surface area contributed by atoms with Crippen molar-refractivity contribution < 1.29 is 23.1 Å². The highest BCUT2D eigenvalue weighted by atomic mass is 19.2. The van der Waals surface area contributed by atoms with Crippen LogP contribution < -0.4 is 10.1 Å². The minimum absolute atomic E-state index is 0.00538. The number of benzene rings is 2. The maximum atomic E-state index is 13.1. The zero-order chi connectivity index (χ0) is 17.7. The molecule has 0 radical (unpaired) electrons. The number of hydrogen-bond acceptors (Lipinski definition) is 3. The molecule has 2 aromatic carbocycles. The van der Waals surface area contributed by atoms with Gasteiger partial charge >= 0.3 is 0 Å². The molecule has 2 aromatic rings. The monoisotopic (exact) mass is 334 g/mol. The van der Waals surface area contributed by atoms with E-state index >= 15 is 0 Å². The van der Waals surface area contributed by atoms with Crippen LogP contribution in [0, 0.1) is 11.6 Å². The van der Waals surface area contributed by atoms with Gasteiger partial charge in [-0.1, -0.05) is 0 Å². The number of carbonyl (C=O) groups is 2.